The molecule has 4 nitrogen and oxygen atoms in total. The largest absolute Gasteiger partial charge is 0.265 e. The average molecular weight is 109 g/mol. The van der Waals surface area contributed by atoms with Crippen LogP contribution in [-0.4, -0.2) is 15.0 Å². The van der Waals surface area contributed by atoms with Crippen molar-refractivity contribution in [2.75, 3.05) is 0 Å². The zero-order chi connectivity index (χ0) is 5.98. The van der Waals surface area contributed by atoms with Gasteiger partial charge in [0.1, 0.15) is 12.2 Å². The molecule has 0 aliphatic carbocycles. The minimum absolute atomic E-state index is 0.0255. The lowest BCUT2D eigenvalue weighted by molar-refractivity contribution is 0.961. The van der Waals surface area contributed by atoms with Gasteiger partial charge < -0.3 is 0 Å². The van der Waals surface area contributed by atoms with E-state index in [2.05, 4.69) is 15.0 Å². The minimum atomic E-state index is 0.0255. The minimum Gasteiger partial charge on any atom is -0.265 e. The van der Waals surface area contributed by atoms with Gasteiger partial charge >= 0.3 is 0 Å². The standard InChI is InChI=1S/C4H5N4/c1-3-6-2-7-4(5)8-3/h2,5H,1H3. The van der Waals surface area contributed by atoms with Gasteiger partial charge in [-0.1, -0.05) is 0 Å². The Kier molecular flexibility index (Phi) is 1.07. The van der Waals surface area contributed by atoms with Crippen molar-refractivity contribution in [3.05, 3.63) is 12.2 Å². The maximum atomic E-state index is 6.87. The Labute approximate surface area is 46.8 Å². The summed E-state index contributed by atoms with van der Waals surface area (Å²) in [5, 5.41) is 0. The normalized spacial score (nSPS) is 9.12. The first-order chi connectivity index (χ1) is 3.79. The van der Waals surface area contributed by atoms with E-state index in [0.29, 0.717) is 5.82 Å². The first kappa shape index (κ1) is 4.96. The first-order valence-electron chi connectivity index (χ1n) is 2.16. The molecule has 1 aromatic rings. The molecule has 0 atom stereocenters. The lowest BCUT2D eigenvalue weighted by atomic mass is 10.7. The van der Waals surface area contributed by atoms with Crippen LogP contribution in [0.4, 0.5) is 5.95 Å². The second kappa shape index (κ2) is 1.73. The molecule has 0 aromatic carbocycles. The quantitative estimate of drug-likeness (QED) is 0.474. The van der Waals surface area contributed by atoms with Crippen LogP contribution in [0.5, 0.6) is 0 Å². The topological polar surface area (TPSA) is 62.5 Å². The number of rotatable bonds is 0. The summed E-state index contributed by atoms with van der Waals surface area (Å²) in [7, 11) is 0. The molecule has 1 rings (SSSR count). The highest BCUT2D eigenvalue weighted by atomic mass is 15.1. The highest BCUT2D eigenvalue weighted by molar-refractivity contribution is 5.05. The summed E-state index contributed by atoms with van der Waals surface area (Å²) in [5.41, 5.74) is 6.87. The van der Waals surface area contributed by atoms with Crippen molar-refractivity contribution in [2.24, 2.45) is 0 Å². The third-order valence-electron chi connectivity index (χ3n) is 0.692. The number of nitrogens with zero attached hydrogens (tertiary/aromatic N) is 3. The van der Waals surface area contributed by atoms with Crippen molar-refractivity contribution in [3.8, 4) is 0 Å². The molecule has 0 amide bonds. The second-order valence-corrected chi connectivity index (χ2v) is 1.36. The first-order valence-corrected chi connectivity index (χ1v) is 2.16. The molecule has 0 spiro atoms. The smallest absolute Gasteiger partial charge is 0.245 e. The van der Waals surface area contributed by atoms with E-state index in [1.165, 1.54) is 6.33 Å². The molecule has 1 aromatic heterocycles. The molecule has 8 heavy (non-hydrogen) atoms. The Morgan fingerprint density at radius 3 is 2.62 bits per heavy atom. The van der Waals surface area contributed by atoms with Gasteiger partial charge in [-0.3, -0.25) is 5.73 Å². The van der Waals surface area contributed by atoms with Gasteiger partial charge in [0.05, 0.1) is 0 Å². The van der Waals surface area contributed by atoms with Crippen molar-refractivity contribution in [2.45, 2.75) is 6.92 Å². The number of aromatic nitrogens is 3. The van der Waals surface area contributed by atoms with Gasteiger partial charge in [-0.15, -0.1) is 0 Å². The van der Waals surface area contributed by atoms with E-state index in [9.17, 15) is 0 Å². The zero-order valence-corrected chi connectivity index (χ0v) is 4.42. The van der Waals surface area contributed by atoms with Gasteiger partial charge in [-0.25, -0.2) is 4.98 Å². The molecular formula is C4H5N4. The average Bonchev–Trinajstić information content (AvgIpc) is 1.64. The van der Waals surface area contributed by atoms with Crippen molar-refractivity contribution < 1.29 is 0 Å². The maximum absolute atomic E-state index is 6.87. The zero-order valence-electron chi connectivity index (χ0n) is 4.42. The predicted octanol–water partition coefficient (Wildman–Crippen LogP) is 0.0944. The van der Waals surface area contributed by atoms with E-state index in [-0.39, 0.29) is 5.95 Å². The third kappa shape index (κ3) is 0.900. The molecule has 0 unspecified atom stereocenters. The molecule has 0 fully saturated rings. The SMILES string of the molecule is Cc1ncnc([NH])n1. The highest BCUT2D eigenvalue weighted by Crippen LogP contribution is 1.88. The lowest BCUT2D eigenvalue weighted by Gasteiger charge is -1.87. The molecule has 1 N–H and O–H groups in total. The second-order valence-electron chi connectivity index (χ2n) is 1.36. The molecule has 0 saturated carbocycles. The highest BCUT2D eigenvalue weighted by Gasteiger charge is 1.86. The molecule has 1 heterocycles. The van der Waals surface area contributed by atoms with Crippen molar-refractivity contribution >= 4 is 5.95 Å². The summed E-state index contributed by atoms with van der Waals surface area (Å²) < 4.78 is 0. The molecule has 0 aliphatic rings. The Bertz CT molecular complexity index is 168. The van der Waals surface area contributed by atoms with E-state index in [0.717, 1.165) is 0 Å². The van der Waals surface area contributed by atoms with Crippen LogP contribution >= 0.6 is 0 Å². The van der Waals surface area contributed by atoms with Crippen LogP contribution in [0.1, 0.15) is 5.82 Å². The van der Waals surface area contributed by atoms with Gasteiger partial charge in [0, 0.05) is 0 Å². The van der Waals surface area contributed by atoms with Crippen LogP contribution in [0.3, 0.4) is 0 Å². The van der Waals surface area contributed by atoms with Gasteiger partial charge in [0.15, 0.2) is 0 Å². The Hall–Kier alpha value is -1.19. The Balaban J connectivity index is 3.08. The molecular weight excluding hydrogens is 104 g/mol. The maximum Gasteiger partial charge on any atom is 0.245 e. The van der Waals surface area contributed by atoms with E-state index in [4.69, 9.17) is 5.73 Å². The predicted molar refractivity (Wildman–Crippen MR) is 27.3 cm³/mol. The fourth-order valence-corrected chi connectivity index (χ4v) is 0.378. The fourth-order valence-electron chi connectivity index (χ4n) is 0.378. The summed E-state index contributed by atoms with van der Waals surface area (Å²) in [6.07, 6.45) is 1.32. The summed E-state index contributed by atoms with van der Waals surface area (Å²) in [6, 6.07) is 0. The van der Waals surface area contributed by atoms with Crippen LogP contribution in [-0.2, 0) is 0 Å². The van der Waals surface area contributed by atoms with Gasteiger partial charge in [-0.2, -0.15) is 9.97 Å². The molecule has 0 aliphatic heterocycles. The van der Waals surface area contributed by atoms with Crippen LogP contribution in [0.2, 0.25) is 0 Å². The lowest BCUT2D eigenvalue weighted by Crippen LogP contribution is -1.89. The van der Waals surface area contributed by atoms with Crippen LogP contribution in [0.25, 0.3) is 0 Å². The molecule has 4 heteroatoms. The Morgan fingerprint density at radius 2 is 2.25 bits per heavy atom. The molecule has 1 radical (unpaired) electrons. The van der Waals surface area contributed by atoms with Crippen LogP contribution in [0.15, 0.2) is 6.33 Å². The van der Waals surface area contributed by atoms with Gasteiger partial charge in [-0.05, 0) is 6.92 Å². The molecule has 0 saturated heterocycles. The number of nitrogens with one attached hydrogen (secondary N) is 1. The van der Waals surface area contributed by atoms with E-state index >= 15 is 0 Å². The van der Waals surface area contributed by atoms with Crippen LogP contribution < -0.4 is 5.73 Å². The third-order valence-corrected chi connectivity index (χ3v) is 0.692. The van der Waals surface area contributed by atoms with Crippen molar-refractivity contribution in [3.63, 3.8) is 0 Å². The summed E-state index contributed by atoms with van der Waals surface area (Å²) in [4.78, 5) is 10.8. The van der Waals surface area contributed by atoms with E-state index in [1.807, 2.05) is 0 Å². The van der Waals surface area contributed by atoms with E-state index < -0.39 is 0 Å². The molecule has 0 bridgehead atoms. The van der Waals surface area contributed by atoms with Crippen molar-refractivity contribution in [1.29, 1.82) is 0 Å². The number of aryl methyl sites for hydroxylation is 1. The van der Waals surface area contributed by atoms with E-state index in [1.54, 1.807) is 6.92 Å². The number of hydrogen-bond acceptors (Lipinski definition) is 3. The summed E-state index contributed by atoms with van der Waals surface area (Å²) in [5.74, 6) is 0.613. The van der Waals surface area contributed by atoms with Gasteiger partial charge in [0.25, 0.3) is 0 Å². The Morgan fingerprint density at radius 1 is 1.50 bits per heavy atom. The monoisotopic (exact) mass is 109 g/mol. The van der Waals surface area contributed by atoms with Crippen molar-refractivity contribution in [1.82, 2.24) is 20.7 Å². The van der Waals surface area contributed by atoms with Gasteiger partial charge in [0.2, 0.25) is 5.95 Å². The molecule has 41 valence electrons. The number of hydrogen-bond donors (Lipinski definition) is 0. The fraction of sp³-hybridized carbons (Fsp3) is 0.250. The van der Waals surface area contributed by atoms with Crippen LogP contribution in [0, 0.1) is 6.92 Å². The summed E-state index contributed by atoms with van der Waals surface area (Å²) in [6.45, 7) is 1.72. The summed E-state index contributed by atoms with van der Waals surface area (Å²) >= 11 is 0.